The standard InChI is InChI=1S/C20H13ClN4O/c21-16-4-2-10-23-19(16)14-6-8-17(24-12-14)20(26)25-15-7-5-13-3-1-9-22-18(13)11-15/h1-12H,(H,25,26). The minimum atomic E-state index is -0.293. The van der Waals surface area contributed by atoms with E-state index < -0.39 is 0 Å². The number of fused-ring (bicyclic) bond motifs is 1. The monoisotopic (exact) mass is 360 g/mol. The number of nitrogens with zero attached hydrogens (tertiary/aromatic N) is 3. The topological polar surface area (TPSA) is 67.8 Å². The Hall–Kier alpha value is -3.31. The summed E-state index contributed by atoms with van der Waals surface area (Å²) >= 11 is 6.14. The number of halogens is 1. The predicted octanol–water partition coefficient (Wildman–Crippen LogP) is 4.60. The summed E-state index contributed by atoms with van der Waals surface area (Å²) in [5.74, 6) is -0.293. The number of hydrogen-bond acceptors (Lipinski definition) is 4. The van der Waals surface area contributed by atoms with Gasteiger partial charge >= 0.3 is 0 Å². The normalized spacial score (nSPS) is 10.7. The first kappa shape index (κ1) is 16.2. The van der Waals surface area contributed by atoms with Crippen LogP contribution in [0.1, 0.15) is 10.5 Å². The molecule has 126 valence electrons. The molecule has 0 fully saturated rings. The molecule has 0 radical (unpaired) electrons. The molecule has 0 aliphatic carbocycles. The van der Waals surface area contributed by atoms with Gasteiger partial charge in [0.2, 0.25) is 0 Å². The third-order valence-corrected chi connectivity index (χ3v) is 4.20. The van der Waals surface area contributed by atoms with E-state index in [1.807, 2.05) is 30.3 Å². The van der Waals surface area contributed by atoms with Gasteiger partial charge < -0.3 is 5.32 Å². The molecule has 4 rings (SSSR count). The van der Waals surface area contributed by atoms with E-state index in [1.54, 1.807) is 42.9 Å². The number of hydrogen-bond donors (Lipinski definition) is 1. The predicted molar refractivity (Wildman–Crippen MR) is 102 cm³/mol. The van der Waals surface area contributed by atoms with Gasteiger partial charge in [0, 0.05) is 35.2 Å². The third kappa shape index (κ3) is 3.25. The van der Waals surface area contributed by atoms with Crippen LogP contribution in [0.5, 0.6) is 0 Å². The number of anilines is 1. The van der Waals surface area contributed by atoms with Crippen molar-refractivity contribution in [1.29, 1.82) is 0 Å². The van der Waals surface area contributed by atoms with Gasteiger partial charge in [-0.1, -0.05) is 23.7 Å². The lowest BCUT2D eigenvalue weighted by Crippen LogP contribution is -2.13. The fraction of sp³-hybridized carbons (Fsp3) is 0. The SMILES string of the molecule is O=C(Nc1ccc2cccnc2c1)c1ccc(-c2ncccc2Cl)cn1. The van der Waals surface area contributed by atoms with E-state index >= 15 is 0 Å². The van der Waals surface area contributed by atoms with Crippen molar-refractivity contribution in [3.8, 4) is 11.3 Å². The highest BCUT2D eigenvalue weighted by atomic mass is 35.5. The van der Waals surface area contributed by atoms with E-state index in [1.165, 1.54) is 0 Å². The lowest BCUT2D eigenvalue weighted by atomic mass is 10.1. The highest BCUT2D eigenvalue weighted by molar-refractivity contribution is 6.33. The molecule has 0 saturated carbocycles. The minimum Gasteiger partial charge on any atom is -0.321 e. The Morgan fingerprint density at radius 2 is 1.77 bits per heavy atom. The molecule has 3 heterocycles. The molecule has 0 saturated heterocycles. The van der Waals surface area contributed by atoms with E-state index in [0.29, 0.717) is 22.1 Å². The zero-order valence-electron chi connectivity index (χ0n) is 13.6. The van der Waals surface area contributed by atoms with Crippen molar-refractivity contribution in [2.75, 3.05) is 5.32 Å². The van der Waals surface area contributed by atoms with Crippen LogP contribution in [0.15, 0.2) is 73.2 Å². The number of benzene rings is 1. The average molecular weight is 361 g/mol. The number of rotatable bonds is 3. The van der Waals surface area contributed by atoms with E-state index in [4.69, 9.17) is 11.6 Å². The van der Waals surface area contributed by atoms with E-state index in [2.05, 4.69) is 20.3 Å². The Labute approximate surface area is 154 Å². The maximum Gasteiger partial charge on any atom is 0.274 e. The van der Waals surface area contributed by atoms with Crippen LogP contribution < -0.4 is 5.32 Å². The van der Waals surface area contributed by atoms with Gasteiger partial charge in [-0.05, 0) is 42.5 Å². The van der Waals surface area contributed by atoms with E-state index in [-0.39, 0.29) is 5.91 Å². The molecule has 0 aliphatic rings. The maximum absolute atomic E-state index is 12.4. The second-order valence-electron chi connectivity index (χ2n) is 5.63. The highest BCUT2D eigenvalue weighted by Gasteiger charge is 2.10. The lowest BCUT2D eigenvalue weighted by Gasteiger charge is -2.07. The van der Waals surface area contributed by atoms with Crippen LogP contribution in [0.25, 0.3) is 22.2 Å². The van der Waals surface area contributed by atoms with Crippen molar-refractivity contribution in [2.24, 2.45) is 0 Å². The van der Waals surface area contributed by atoms with Gasteiger partial charge in [-0.2, -0.15) is 0 Å². The van der Waals surface area contributed by atoms with Crippen LogP contribution in [-0.4, -0.2) is 20.9 Å². The van der Waals surface area contributed by atoms with Gasteiger partial charge in [0.15, 0.2) is 0 Å². The summed E-state index contributed by atoms with van der Waals surface area (Å²) in [6, 6.07) is 16.4. The van der Waals surface area contributed by atoms with Crippen molar-refractivity contribution < 1.29 is 4.79 Å². The van der Waals surface area contributed by atoms with Crippen LogP contribution in [0.2, 0.25) is 5.02 Å². The van der Waals surface area contributed by atoms with Crippen molar-refractivity contribution in [1.82, 2.24) is 15.0 Å². The zero-order chi connectivity index (χ0) is 17.9. The van der Waals surface area contributed by atoms with Gasteiger partial charge in [0.05, 0.1) is 16.2 Å². The smallest absolute Gasteiger partial charge is 0.274 e. The summed E-state index contributed by atoms with van der Waals surface area (Å²) in [7, 11) is 0. The number of aromatic nitrogens is 3. The van der Waals surface area contributed by atoms with Gasteiger partial charge in [0.25, 0.3) is 5.91 Å². The molecule has 1 aromatic carbocycles. The van der Waals surface area contributed by atoms with Crippen molar-refractivity contribution in [3.63, 3.8) is 0 Å². The van der Waals surface area contributed by atoms with Crippen LogP contribution in [0, 0.1) is 0 Å². The third-order valence-electron chi connectivity index (χ3n) is 3.89. The Morgan fingerprint density at radius 3 is 2.58 bits per heavy atom. The Balaban J connectivity index is 1.55. The van der Waals surface area contributed by atoms with Gasteiger partial charge in [-0.25, -0.2) is 0 Å². The number of nitrogens with one attached hydrogen (secondary N) is 1. The second kappa shape index (κ2) is 6.90. The molecule has 1 amide bonds. The molecule has 4 aromatic rings. The van der Waals surface area contributed by atoms with Gasteiger partial charge in [-0.15, -0.1) is 0 Å². The number of pyridine rings is 3. The minimum absolute atomic E-state index is 0.293. The molecule has 0 unspecified atom stereocenters. The molecule has 3 aromatic heterocycles. The molecule has 0 bridgehead atoms. The van der Waals surface area contributed by atoms with Crippen LogP contribution in [0.3, 0.4) is 0 Å². The molecule has 1 N–H and O–H groups in total. The first-order valence-electron chi connectivity index (χ1n) is 7.94. The van der Waals surface area contributed by atoms with Crippen LogP contribution in [-0.2, 0) is 0 Å². The molecule has 0 atom stereocenters. The first-order chi connectivity index (χ1) is 12.7. The number of carbonyl (C=O) groups is 1. The summed E-state index contributed by atoms with van der Waals surface area (Å²) in [5.41, 5.74) is 3.18. The fourth-order valence-electron chi connectivity index (χ4n) is 2.61. The summed E-state index contributed by atoms with van der Waals surface area (Å²) in [6.07, 6.45) is 4.97. The Kier molecular flexibility index (Phi) is 4.29. The zero-order valence-corrected chi connectivity index (χ0v) is 14.3. The van der Waals surface area contributed by atoms with Crippen LogP contribution in [0.4, 0.5) is 5.69 Å². The van der Waals surface area contributed by atoms with Gasteiger partial charge in [-0.3, -0.25) is 19.7 Å². The summed E-state index contributed by atoms with van der Waals surface area (Å²) < 4.78 is 0. The molecule has 0 spiro atoms. The van der Waals surface area contributed by atoms with Crippen molar-refractivity contribution in [3.05, 3.63) is 83.9 Å². The molecule has 5 nitrogen and oxygen atoms in total. The molecular weight excluding hydrogens is 348 g/mol. The van der Waals surface area contributed by atoms with E-state index in [9.17, 15) is 4.79 Å². The van der Waals surface area contributed by atoms with E-state index in [0.717, 1.165) is 16.5 Å². The molecule has 6 heteroatoms. The van der Waals surface area contributed by atoms with Crippen molar-refractivity contribution in [2.45, 2.75) is 0 Å². The Morgan fingerprint density at radius 1 is 0.923 bits per heavy atom. The summed E-state index contributed by atoms with van der Waals surface area (Å²) in [4.78, 5) is 25.2. The number of amides is 1. The average Bonchev–Trinajstić information content (AvgIpc) is 2.68. The first-order valence-corrected chi connectivity index (χ1v) is 8.31. The molecule has 0 aliphatic heterocycles. The summed E-state index contributed by atoms with van der Waals surface area (Å²) in [5, 5.41) is 4.39. The highest BCUT2D eigenvalue weighted by Crippen LogP contribution is 2.24. The molecular formula is C20H13ClN4O. The summed E-state index contributed by atoms with van der Waals surface area (Å²) in [6.45, 7) is 0. The quantitative estimate of drug-likeness (QED) is 0.580. The van der Waals surface area contributed by atoms with Gasteiger partial charge in [0.1, 0.15) is 5.69 Å². The Bertz CT molecular complexity index is 1100. The molecule has 26 heavy (non-hydrogen) atoms. The fourth-order valence-corrected chi connectivity index (χ4v) is 2.84. The maximum atomic E-state index is 12.4. The number of carbonyl (C=O) groups excluding carboxylic acids is 1. The van der Waals surface area contributed by atoms with Crippen LogP contribution >= 0.6 is 11.6 Å². The van der Waals surface area contributed by atoms with Crippen molar-refractivity contribution >= 4 is 34.1 Å². The largest absolute Gasteiger partial charge is 0.321 e. The second-order valence-corrected chi connectivity index (χ2v) is 6.04. The lowest BCUT2D eigenvalue weighted by molar-refractivity contribution is 0.102.